The summed E-state index contributed by atoms with van der Waals surface area (Å²) in [5.41, 5.74) is 6.95. The van der Waals surface area contributed by atoms with Crippen molar-refractivity contribution in [1.29, 1.82) is 0 Å². The molecule has 0 aromatic heterocycles. The number of ketones is 1. The van der Waals surface area contributed by atoms with Crippen molar-refractivity contribution in [3.05, 3.63) is 70.4 Å². The Hall–Kier alpha value is -3.21. The third-order valence-corrected chi connectivity index (χ3v) is 6.63. The highest BCUT2D eigenvalue weighted by molar-refractivity contribution is 6.00. The number of carbonyl (C=O) groups excluding carboxylic acids is 1. The van der Waals surface area contributed by atoms with E-state index in [2.05, 4.69) is 35.2 Å². The van der Waals surface area contributed by atoms with Crippen LogP contribution in [0.2, 0.25) is 0 Å². The highest BCUT2D eigenvalue weighted by atomic mass is 16.7. The molecule has 4 aliphatic rings. The van der Waals surface area contributed by atoms with Crippen LogP contribution in [0.4, 0.5) is 0 Å². The van der Waals surface area contributed by atoms with Crippen LogP contribution in [0.5, 0.6) is 17.2 Å². The summed E-state index contributed by atoms with van der Waals surface area (Å²) in [7, 11) is 1.67. The van der Waals surface area contributed by atoms with Gasteiger partial charge in [-0.2, -0.15) is 0 Å². The standard InChI is InChI=1S/C25H23NO4/c1-28-17-7-5-15(6-8-17)19-12-21-18-13-24-23(29-14-30-24)11-16(18)9-10-26(21)20-3-2-4-22(27)25(19)20/h5-8,11-13,19H,2-4,9-10,14H2,1H3/t19-/m0/s1. The van der Waals surface area contributed by atoms with Crippen molar-refractivity contribution < 1.29 is 19.0 Å². The fraction of sp³-hybridized carbons (Fsp3) is 0.320. The molecule has 0 spiro atoms. The lowest BCUT2D eigenvalue weighted by molar-refractivity contribution is -0.116. The third kappa shape index (κ3) is 2.58. The van der Waals surface area contributed by atoms with Crippen LogP contribution in [0, 0.1) is 0 Å². The Morgan fingerprint density at radius 2 is 1.83 bits per heavy atom. The SMILES string of the molecule is COc1ccc([C@@H]2C=C3c4cc5c(cc4CCN3C3=C2C(=O)CCC3)OCO5)cc1. The Morgan fingerprint density at radius 1 is 1.03 bits per heavy atom. The monoisotopic (exact) mass is 401 g/mol. The Bertz CT molecular complexity index is 1110. The van der Waals surface area contributed by atoms with Gasteiger partial charge in [-0.1, -0.05) is 12.1 Å². The molecular weight excluding hydrogens is 378 g/mol. The number of rotatable bonds is 2. The van der Waals surface area contributed by atoms with Gasteiger partial charge in [-0.05, 0) is 60.7 Å². The molecule has 2 aromatic rings. The Labute approximate surface area is 175 Å². The average molecular weight is 401 g/mol. The quantitative estimate of drug-likeness (QED) is 0.745. The minimum Gasteiger partial charge on any atom is -0.497 e. The molecule has 3 aliphatic heterocycles. The maximum atomic E-state index is 13.0. The summed E-state index contributed by atoms with van der Waals surface area (Å²) >= 11 is 0. The first-order valence-corrected chi connectivity index (χ1v) is 10.6. The van der Waals surface area contributed by atoms with Gasteiger partial charge in [0, 0.05) is 41.4 Å². The number of ether oxygens (including phenoxy) is 3. The summed E-state index contributed by atoms with van der Waals surface area (Å²) in [5.74, 6) is 2.70. The molecule has 0 N–H and O–H groups in total. The number of fused-ring (bicyclic) bond motifs is 5. The molecule has 5 heteroatoms. The molecule has 0 radical (unpaired) electrons. The van der Waals surface area contributed by atoms with Crippen LogP contribution in [0.1, 0.15) is 41.9 Å². The molecule has 0 fully saturated rings. The van der Waals surface area contributed by atoms with Crippen molar-refractivity contribution in [3.8, 4) is 17.2 Å². The molecule has 1 aliphatic carbocycles. The lowest BCUT2D eigenvalue weighted by Crippen LogP contribution is -2.36. The molecule has 5 nitrogen and oxygen atoms in total. The minimum absolute atomic E-state index is 0.0404. The Balaban J connectivity index is 1.52. The molecule has 6 rings (SSSR count). The van der Waals surface area contributed by atoms with Gasteiger partial charge in [0.1, 0.15) is 5.75 Å². The maximum Gasteiger partial charge on any atom is 0.231 e. The largest absolute Gasteiger partial charge is 0.497 e. The molecule has 0 saturated heterocycles. The molecule has 0 bridgehead atoms. The fourth-order valence-electron chi connectivity index (χ4n) is 5.18. The second-order valence-corrected chi connectivity index (χ2v) is 8.20. The number of methoxy groups -OCH3 is 1. The van der Waals surface area contributed by atoms with Crippen molar-refractivity contribution in [2.24, 2.45) is 0 Å². The zero-order valence-corrected chi connectivity index (χ0v) is 16.9. The van der Waals surface area contributed by atoms with E-state index in [9.17, 15) is 4.79 Å². The van der Waals surface area contributed by atoms with Crippen LogP contribution < -0.4 is 14.2 Å². The number of nitrogens with zero attached hydrogens (tertiary/aromatic N) is 1. The summed E-state index contributed by atoms with van der Waals surface area (Å²) in [4.78, 5) is 15.4. The Morgan fingerprint density at radius 3 is 2.63 bits per heavy atom. The van der Waals surface area contributed by atoms with E-state index in [0.29, 0.717) is 6.42 Å². The van der Waals surface area contributed by atoms with Crippen molar-refractivity contribution in [2.75, 3.05) is 20.4 Å². The molecular formula is C25H23NO4. The van der Waals surface area contributed by atoms with E-state index in [1.54, 1.807) is 7.11 Å². The summed E-state index contributed by atoms with van der Waals surface area (Å²) in [6, 6.07) is 12.3. The number of hydrogen-bond acceptors (Lipinski definition) is 5. The second kappa shape index (κ2) is 6.66. The van der Waals surface area contributed by atoms with E-state index >= 15 is 0 Å². The summed E-state index contributed by atoms with van der Waals surface area (Å²) in [6.07, 6.45) is 5.71. The van der Waals surface area contributed by atoms with Crippen molar-refractivity contribution in [2.45, 2.75) is 31.6 Å². The number of allylic oxidation sites excluding steroid dienone is 3. The number of Topliss-reactive ketones (excluding diaryl/α,β-unsaturated/α-hetero) is 1. The van der Waals surface area contributed by atoms with Crippen molar-refractivity contribution in [1.82, 2.24) is 4.90 Å². The van der Waals surface area contributed by atoms with Gasteiger partial charge in [0.25, 0.3) is 0 Å². The molecule has 2 aromatic carbocycles. The highest BCUT2D eigenvalue weighted by Crippen LogP contribution is 2.48. The van der Waals surface area contributed by atoms with Gasteiger partial charge in [-0.25, -0.2) is 0 Å². The zero-order chi connectivity index (χ0) is 20.2. The van der Waals surface area contributed by atoms with Gasteiger partial charge in [-0.3, -0.25) is 4.79 Å². The van der Waals surface area contributed by atoms with Crippen molar-refractivity contribution >= 4 is 11.5 Å². The second-order valence-electron chi connectivity index (χ2n) is 8.20. The molecule has 0 amide bonds. The van der Waals surface area contributed by atoms with Gasteiger partial charge in [0.2, 0.25) is 6.79 Å². The predicted octanol–water partition coefficient (Wildman–Crippen LogP) is 4.43. The fourth-order valence-corrected chi connectivity index (χ4v) is 5.18. The molecule has 0 saturated carbocycles. The van der Waals surface area contributed by atoms with Gasteiger partial charge in [-0.15, -0.1) is 0 Å². The van der Waals surface area contributed by atoms with Crippen LogP contribution in [0.3, 0.4) is 0 Å². The molecule has 0 unspecified atom stereocenters. The number of benzene rings is 2. The molecule has 152 valence electrons. The minimum atomic E-state index is -0.0404. The molecule has 30 heavy (non-hydrogen) atoms. The first kappa shape index (κ1) is 17.6. The summed E-state index contributed by atoms with van der Waals surface area (Å²) in [6.45, 7) is 1.17. The average Bonchev–Trinajstić information content (AvgIpc) is 3.24. The lowest BCUT2D eigenvalue weighted by atomic mass is 9.77. The number of carbonyl (C=O) groups is 1. The molecule has 3 heterocycles. The first-order chi connectivity index (χ1) is 14.7. The summed E-state index contributed by atoms with van der Waals surface area (Å²) in [5, 5.41) is 0. The third-order valence-electron chi connectivity index (χ3n) is 6.63. The van der Waals surface area contributed by atoms with E-state index in [1.165, 1.54) is 22.5 Å². The summed E-state index contributed by atoms with van der Waals surface area (Å²) < 4.78 is 16.6. The van der Waals surface area contributed by atoms with E-state index in [4.69, 9.17) is 14.2 Å². The Kier molecular flexibility index (Phi) is 3.91. The van der Waals surface area contributed by atoms with Crippen LogP contribution in [-0.4, -0.2) is 31.1 Å². The van der Waals surface area contributed by atoms with Crippen LogP contribution >= 0.6 is 0 Å². The van der Waals surface area contributed by atoms with Crippen LogP contribution in [0.15, 0.2) is 53.7 Å². The predicted molar refractivity (Wildman–Crippen MR) is 113 cm³/mol. The van der Waals surface area contributed by atoms with E-state index in [0.717, 1.165) is 54.2 Å². The number of hydrogen-bond donors (Lipinski definition) is 0. The topological polar surface area (TPSA) is 48.0 Å². The normalized spacial score (nSPS) is 21.6. The van der Waals surface area contributed by atoms with E-state index in [1.807, 2.05) is 12.1 Å². The maximum absolute atomic E-state index is 13.0. The van der Waals surface area contributed by atoms with Gasteiger partial charge >= 0.3 is 0 Å². The van der Waals surface area contributed by atoms with E-state index in [-0.39, 0.29) is 18.5 Å². The van der Waals surface area contributed by atoms with Gasteiger partial charge in [0.15, 0.2) is 17.3 Å². The smallest absolute Gasteiger partial charge is 0.231 e. The zero-order valence-electron chi connectivity index (χ0n) is 16.9. The van der Waals surface area contributed by atoms with Crippen molar-refractivity contribution in [3.63, 3.8) is 0 Å². The highest BCUT2D eigenvalue weighted by Gasteiger charge is 2.38. The first-order valence-electron chi connectivity index (χ1n) is 10.6. The van der Waals surface area contributed by atoms with E-state index < -0.39 is 0 Å². The van der Waals surface area contributed by atoms with Gasteiger partial charge < -0.3 is 19.1 Å². The lowest BCUT2D eigenvalue weighted by Gasteiger charge is -2.42. The van der Waals surface area contributed by atoms with Gasteiger partial charge in [0.05, 0.1) is 7.11 Å². The van der Waals surface area contributed by atoms with Crippen LogP contribution in [0.25, 0.3) is 5.70 Å². The molecule has 1 atom stereocenters. The van der Waals surface area contributed by atoms with Crippen LogP contribution in [-0.2, 0) is 11.2 Å².